The highest BCUT2D eigenvalue weighted by Gasteiger charge is 2.75. The topological polar surface area (TPSA) is 86.3 Å². The van der Waals surface area contributed by atoms with E-state index in [0.717, 1.165) is 38.5 Å². The molecule has 31 heavy (non-hydrogen) atoms. The van der Waals surface area contributed by atoms with Crippen molar-refractivity contribution in [2.75, 3.05) is 62.5 Å². The molecule has 0 radical (unpaired) electrons. The van der Waals surface area contributed by atoms with Gasteiger partial charge in [0.25, 0.3) is 0 Å². The number of unbranched alkanes of at least 4 members (excludes halogenated alkanes) is 3. The average Bonchev–Trinajstić information content (AvgIpc) is 2.81. The van der Waals surface area contributed by atoms with Crippen LogP contribution >= 0.6 is 0 Å². The standard InChI is InChI=1S/C18H45NO9Si3/c1-10-13-16-26-29(20-4,21-5)19(30(22-6,23-7)27-17-14-11-2)31(24-8,25-9)28-18-15-12-3/h10-18H2,1-9H3. The minimum absolute atomic E-state index is 0.417. The average molecular weight is 504 g/mol. The molecule has 0 N–H and O–H groups in total. The van der Waals surface area contributed by atoms with Crippen molar-refractivity contribution in [1.82, 2.24) is 3.90 Å². The normalized spacial score (nSPS) is 13.4. The molecule has 0 bridgehead atoms. The van der Waals surface area contributed by atoms with Crippen LogP contribution in [0.4, 0.5) is 0 Å². The molecule has 13 heteroatoms. The summed E-state index contributed by atoms with van der Waals surface area (Å²) in [5, 5.41) is 0. The molecule has 0 aromatic carbocycles. The third kappa shape index (κ3) is 8.20. The van der Waals surface area contributed by atoms with Crippen molar-refractivity contribution in [3.63, 3.8) is 0 Å². The second-order valence-electron chi connectivity index (χ2n) is 6.74. The van der Waals surface area contributed by atoms with E-state index in [1.807, 2.05) is 0 Å². The molecule has 0 aromatic rings. The molecule has 0 aromatic heterocycles. The van der Waals surface area contributed by atoms with Gasteiger partial charge in [-0.15, -0.1) is 0 Å². The van der Waals surface area contributed by atoms with E-state index >= 15 is 0 Å². The summed E-state index contributed by atoms with van der Waals surface area (Å²) in [5.41, 5.74) is 0. The van der Waals surface area contributed by atoms with Crippen molar-refractivity contribution < 1.29 is 39.8 Å². The first-order valence-corrected chi connectivity index (χ1v) is 16.0. The SMILES string of the molecule is CCCCO[Si](OC)(OC)N([Si](OC)(OC)OCCCC)[Si](OC)(OC)OCCCC. The second kappa shape index (κ2) is 16.8. The van der Waals surface area contributed by atoms with Gasteiger partial charge in [-0.2, -0.15) is 3.90 Å². The summed E-state index contributed by atoms with van der Waals surface area (Å²) in [5.74, 6) is 0. The van der Waals surface area contributed by atoms with Gasteiger partial charge in [-0.05, 0) is 19.3 Å². The zero-order chi connectivity index (χ0) is 23.8. The van der Waals surface area contributed by atoms with Crippen LogP contribution in [0, 0.1) is 0 Å². The Bertz CT molecular complexity index is 378. The van der Waals surface area contributed by atoms with E-state index in [1.54, 1.807) is 3.90 Å². The number of nitrogens with zero attached hydrogens (tertiary/aromatic N) is 1. The summed E-state index contributed by atoms with van der Waals surface area (Å²) in [6.45, 7) is 7.50. The Labute approximate surface area is 192 Å². The van der Waals surface area contributed by atoms with Crippen molar-refractivity contribution in [1.29, 1.82) is 0 Å². The van der Waals surface area contributed by atoms with Gasteiger partial charge in [0.05, 0.1) is 0 Å². The Hall–Kier alpha value is 0.251. The Morgan fingerprint density at radius 3 is 0.839 bits per heavy atom. The van der Waals surface area contributed by atoms with Gasteiger partial charge in [0, 0.05) is 62.5 Å². The molecular weight excluding hydrogens is 458 g/mol. The minimum atomic E-state index is -3.68. The van der Waals surface area contributed by atoms with E-state index in [-0.39, 0.29) is 0 Å². The molecule has 10 nitrogen and oxygen atoms in total. The fourth-order valence-electron chi connectivity index (χ4n) is 2.88. The lowest BCUT2D eigenvalue weighted by atomic mass is 10.4. The molecule has 0 aliphatic carbocycles. The van der Waals surface area contributed by atoms with E-state index in [1.165, 1.54) is 42.7 Å². The molecule has 0 atom stereocenters. The van der Waals surface area contributed by atoms with Gasteiger partial charge < -0.3 is 39.8 Å². The van der Waals surface area contributed by atoms with Crippen molar-refractivity contribution in [2.45, 2.75) is 59.3 Å². The monoisotopic (exact) mass is 503 g/mol. The number of hydrogen-bond acceptors (Lipinski definition) is 10. The predicted octanol–water partition coefficient (Wildman–Crippen LogP) is 2.92. The highest BCUT2D eigenvalue weighted by molar-refractivity contribution is 6.89. The van der Waals surface area contributed by atoms with Crippen LogP contribution in [0.2, 0.25) is 0 Å². The largest absolute Gasteiger partial charge is 0.596 e. The van der Waals surface area contributed by atoms with Crippen molar-refractivity contribution in [3.8, 4) is 0 Å². The molecule has 0 heterocycles. The van der Waals surface area contributed by atoms with Crippen molar-refractivity contribution in [3.05, 3.63) is 0 Å². The minimum Gasteiger partial charge on any atom is -0.365 e. The van der Waals surface area contributed by atoms with Crippen LogP contribution in [-0.4, -0.2) is 93.3 Å². The van der Waals surface area contributed by atoms with Gasteiger partial charge in [-0.1, -0.05) is 40.0 Å². The van der Waals surface area contributed by atoms with Gasteiger partial charge in [0.15, 0.2) is 0 Å². The summed E-state index contributed by atoms with van der Waals surface area (Å²) in [6, 6.07) is 0. The highest BCUT2D eigenvalue weighted by Crippen LogP contribution is 2.33. The molecule has 0 saturated carbocycles. The number of rotatable bonds is 21. The summed E-state index contributed by atoms with van der Waals surface area (Å²) in [6.07, 6.45) is 5.33. The van der Waals surface area contributed by atoms with E-state index in [9.17, 15) is 0 Å². The second-order valence-corrected chi connectivity index (χ2v) is 15.9. The Morgan fingerprint density at radius 1 is 0.452 bits per heavy atom. The first-order valence-electron chi connectivity index (χ1n) is 10.9. The summed E-state index contributed by atoms with van der Waals surface area (Å²) < 4.78 is 56.1. The molecule has 0 spiro atoms. The Kier molecular flexibility index (Phi) is 16.9. The third-order valence-electron chi connectivity index (χ3n) is 4.72. The third-order valence-corrected chi connectivity index (χ3v) is 16.1. The first-order chi connectivity index (χ1) is 14.9. The van der Waals surface area contributed by atoms with Gasteiger partial charge in [-0.3, -0.25) is 0 Å². The van der Waals surface area contributed by atoms with Gasteiger partial charge in [-0.25, -0.2) is 0 Å². The van der Waals surface area contributed by atoms with Crippen LogP contribution in [0.3, 0.4) is 0 Å². The predicted molar refractivity (Wildman–Crippen MR) is 124 cm³/mol. The van der Waals surface area contributed by atoms with E-state index < -0.39 is 26.9 Å². The van der Waals surface area contributed by atoms with Gasteiger partial charge >= 0.3 is 26.9 Å². The molecule has 0 aliphatic heterocycles. The molecule has 0 aliphatic rings. The zero-order valence-corrected chi connectivity index (χ0v) is 24.0. The van der Waals surface area contributed by atoms with Crippen LogP contribution in [0.15, 0.2) is 0 Å². The maximum atomic E-state index is 6.27. The van der Waals surface area contributed by atoms with Crippen LogP contribution in [0.1, 0.15) is 59.3 Å². The first kappa shape index (κ1) is 31.3. The van der Waals surface area contributed by atoms with E-state index in [2.05, 4.69) is 20.8 Å². The fraction of sp³-hybridized carbons (Fsp3) is 1.00. The van der Waals surface area contributed by atoms with E-state index in [0.29, 0.717) is 19.8 Å². The maximum Gasteiger partial charge on any atom is 0.596 e. The van der Waals surface area contributed by atoms with Crippen LogP contribution < -0.4 is 0 Å². The quantitative estimate of drug-likeness (QED) is 0.172. The molecular formula is C18H45NO9Si3. The summed E-state index contributed by atoms with van der Waals surface area (Å²) >= 11 is 0. The lowest BCUT2D eigenvalue weighted by molar-refractivity contribution is -0.0201. The lowest BCUT2D eigenvalue weighted by Gasteiger charge is -2.48. The van der Waals surface area contributed by atoms with Crippen LogP contribution in [0.25, 0.3) is 0 Å². The smallest absolute Gasteiger partial charge is 0.365 e. The summed E-state index contributed by atoms with van der Waals surface area (Å²) in [4.78, 5) is 0. The molecule has 0 unspecified atom stereocenters. The molecule has 188 valence electrons. The maximum absolute atomic E-state index is 6.27. The highest BCUT2D eigenvalue weighted by atomic mass is 28.5. The lowest BCUT2D eigenvalue weighted by Crippen LogP contribution is -2.84. The Balaban J connectivity index is 6.62. The molecule has 0 saturated heterocycles. The molecule has 0 fully saturated rings. The van der Waals surface area contributed by atoms with Crippen molar-refractivity contribution >= 4 is 26.9 Å². The Morgan fingerprint density at radius 2 is 0.677 bits per heavy atom. The fourth-order valence-corrected chi connectivity index (χ4v) is 15.3. The van der Waals surface area contributed by atoms with E-state index in [4.69, 9.17) is 39.8 Å². The van der Waals surface area contributed by atoms with Gasteiger partial charge in [0.2, 0.25) is 0 Å². The summed E-state index contributed by atoms with van der Waals surface area (Å²) in [7, 11) is -1.86. The van der Waals surface area contributed by atoms with Crippen LogP contribution in [-0.2, 0) is 39.8 Å². The van der Waals surface area contributed by atoms with Gasteiger partial charge in [0.1, 0.15) is 0 Å². The zero-order valence-electron chi connectivity index (χ0n) is 21.0. The van der Waals surface area contributed by atoms with Crippen molar-refractivity contribution in [2.24, 2.45) is 0 Å². The number of hydrogen-bond donors (Lipinski definition) is 0. The molecule has 0 amide bonds. The van der Waals surface area contributed by atoms with Crippen LogP contribution in [0.5, 0.6) is 0 Å². The molecule has 0 rings (SSSR count).